The largest absolute Gasteiger partial charge is 0.310 e. The van der Waals surface area contributed by atoms with Crippen LogP contribution in [0.25, 0.3) is 66.8 Å². The maximum atomic E-state index is 2.52. The van der Waals surface area contributed by atoms with Crippen molar-refractivity contribution in [3.63, 3.8) is 0 Å². The molecule has 0 aromatic heterocycles. The van der Waals surface area contributed by atoms with Crippen molar-refractivity contribution in [1.29, 1.82) is 0 Å². The van der Waals surface area contributed by atoms with Crippen molar-refractivity contribution in [3.8, 4) is 66.8 Å². The maximum absolute atomic E-state index is 2.52. The number of rotatable bonds is 11. The van der Waals surface area contributed by atoms with Crippen LogP contribution in [0.3, 0.4) is 0 Å². The van der Waals surface area contributed by atoms with E-state index < -0.39 is 0 Å². The van der Waals surface area contributed by atoms with Gasteiger partial charge in [0.25, 0.3) is 0 Å². The first-order chi connectivity index (χ1) is 41.7. The van der Waals surface area contributed by atoms with E-state index in [1.165, 1.54) is 106 Å². The lowest BCUT2D eigenvalue weighted by atomic mass is 9.75. The second-order valence-electron chi connectivity index (χ2n) is 26.1. The Labute approximate surface area is 508 Å². The summed E-state index contributed by atoms with van der Waals surface area (Å²) >= 11 is 0. The number of anilines is 6. The molecule has 0 amide bonds. The average Bonchev–Trinajstić information content (AvgIpc) is 1.68. The summed E-state index contributed by atoms with van der Waals surface area (Å²) in [6, 6.07) is 107. The molecule has 12 aromatic carbocycles. The number of benzene rings is 12. The zero-order chi connectivity index (χ0) is 58.5. The van der Waals surface area contributed by atoms with Crippen molar-refractivity contribution in [2.75, 3.05) is 9.80 Å². The Hall–Kier alpha value is -9.76. The van der Waals surface area contributed by atoms with Gasteiger partial charge in [-0.1, -0.05) is 261 Å². The van der Waals surface area contributed by atoms with E-state index in [9.17, 15) is 0 Å². The van der Waals surface area contributed by atoms with Gasteiger partial charge in [0.2, 0.25) is 0 Å². The lowest BCUT2D eigenvalue weighted by Gasteiger charge is -2.32. The highest BCUT2D eigenvalue weighted by atomic mass is 15.1. The topological polar surface area (TPSA) is 6.48 Å². The Morgan fingerprint density at radius 1 is 0.233 bits per heavy atom. The van der Waals surface area contributed by atoms with Crippen LogP contribution >= 0.6 is 0 Å². The molecular weight excluding hydrogens is 1040 g/mol. The van der Waals surface area contributed by atoms with Crippen LogP contribution in [0.15, 0.2) is 285 Å². The molecule has 2 heteroatoms. The number of fused-ring (bicyclic) bond motifs is 7. The molecule has 0 saturated carbocycles. The second-order valence-corrected chi connectivity index (χ2v) is 26.1. The summed E-state index contributed by atoms with van der Waals surface area (Å²) in [5.41, 5.74) is 30.8. The summed E-state index contributed by atoms with van der Waals surface area (Å²) in [7, 11) is 0. The second kappa shape index (κ2) is 20.2. The Morgan fingerprint density at radius 2 is 0.523 bits per heavy atom. The van der Waals surface area contributed by atoms with Crippen LogP contribution in [0.2, 0.25) is 0 Å². The van der Waals surface area contributed by atoms with Gasteiger partial charge < -0.3 is 9.80 Å². The Morgan fingerprint density at radius 3 is 0.930 bits per heavy atom. The fraction of sp³-hybridized carbons (Fsp3) is 0.143. The van der Waals surface area contributed by atoms with Crippen LogP contribution in [0.4, 0.5) is 34.1 Å². The highest BCUT2D eigenvalue weighted by Crippen LogP contribution is 2.57. The lowest BCUT2D eigenvalue weighted by Crippen LogP contribution is -2.23. The first kappa shape index (κ1) is 53.0. The fourth-order valence-electron chi connectivity index (χ4n) is 15.2. The van der Waals surface area contributed by atoms with E-state index in [4.69, 9.17) is 0 Å². The molecule has 3 aliphatic rings. The maximum Gasteiger partial charge on any atom is 0.0465 e. The van der Waals surface area contributed by atoms with Crippen molar-refractivity contribution in [3.05, 3.63) is 324 Å². The van der Waals surface area contributed by atoms with Gasteiger partial charge in [0.05, 0.1) is 0 Å². The molecule has 416 valence electrons. The molecule has 0 fully saturated rings. The van der Waals surface area contributed by atoms with Crippen molar-refractivity contribution >= 4 is 34.1 Å². The van der Waals surface area contributed by atoms with Gasteiger partial charge in [0, 0.05) is 50.4 Å². The molecule has 0 aliphatic heterocycles. The fourth-order valence-corrected chi connectivity index (χ4v) is 15.2. The van der Waals surface area contributed by atoms with Gasteiger partial charge in [-0.25, -0.2) is 0 Å². The zero-order valence-corrected chi connectivity index (χ0v) is 50.2. The molecule has 0 bridgehead atoms. The van der Waals surface area contributed by atoms with Gasteiger partial charge in [-0.2, -0.15) is 0 Å². The van der Waals surface area contributed by atoms with Crippen molar-refractivity contribution in [1.82, 2.24) is 0 Å². The first-order valence-electron chi connectivity index (χ1n) is 30.6. The molecule has 0 spiro atoms. The standard InChI is InChI=1S/C84H70N2/c1-81(2)55-84(7,64-38-44-67(45-39-64)85(68-46-49-73-71-22-14-16-24-75(71)82(3,4)78(73)52-68)65-40-34-62(35-41-65)60-30-26-58(27-31-60)56-18-10-8-11-19-56)80-54-70(48-51-77(80)81)86(69-47-50-74-72-23-15-17-25-76(72)83(5,6)79(74)53-69)66-42-36-63(37-43-66)61-32-28-59(29-33-61)57-20-12-9-13-21-57/h8-54H,55H2,1-7H3. The molecular formula is C84H70N2. The summed E-state index contributed by atoms with van der Waals surface area (Å²) in [5, 5.41) is 0. The van der Waals surface area contributed by atoms with E-state index in [2.05, 4.69) is 343 Å². The molecule has 3 aliphatic carbocycles. The molecule has 15 rings (SSSR count). The number of hydrogen-bond acceptors (Lipinski definition) is 2. The van der Waals surface area contributed by atoms with Gasteiger partial charge >= 0.3 is 0 Å². The van der Waals surface area contributed by atoms with Crippen molar-refractivity contribution in [2.24, 2.45) is 0 Å². The number of nitrogens with zero attached hydrogens (tertiary/aromatic N) is 2. The van der Waals surface area contributed by atoms with E-state index in [-0.39, 0.29) is 21.7 Å². The molecule has 0 N–H and O–H groups in total. The molecule has 0 saturated heterocycles. The van der Waals surface area contributed by atoms with Crippen LogP contribution in [-0.4, -0.2) is 0 Å². The highest BCUT2D eigenvalue weighted by Gasteiger charge is 2.46. The number of hydrogen-bond donors (Lipinski definition) is 0. The minimum Gasteiger partial charge on any atom is -0.310 e. The summed E-state index contributed by atoms with van der Waals surface area (Å²) in [5.74, 6) is 0. The van der Waals surface area contributed by atoms with Crippen molar-refractivity contribution in [2.45, 2.75) is 76.5 Å². The zero-order valence-electron chi connectivity index (χ0n) is 50.2. The van der Waals surface area contributed by atoms with Gasteiger partial charge in [-0.3, -0.25) is 0 Å². The van der Waals surface area contributed by atoms with Crippen LogP contribution in [0.1, 0.15) is 93.8 Å². The Kier molecular flexibility index (Phi) is 12.5. The predicted molar refractivity (Wildman–Crippen MR) is 363 cm³/mol. The molecule has 1 atom stereocenters. The van der Waals surface area contributed by atoms with Crippen LogP contribution < -0.4 is 9.80 Å². The van der Waals surface area contributed by atoms with E-state index in [1.54, 1.807) is 0 Å². The summed E-state index contributed by atoms with van der Waals surface area (Å²) in [6.07, 6.45) is 0.985. The smallest absolute Gasteiger partial charge is 0.0465 e. The van der Waals surface area contributed by atoms with E-state index >= 15 is 0 Å². The quantitative estimate of drug-likeness (QED) is 0.127. The third-order valence-electron chi connectivity index (χ3n) is 19.7. The van der Waals surface area contributed by atoms with Crippen LogP contribution in [0, 0.1) is 0 Å². The Bertz CT molecular complexity index is 4530. The van der Waals surface area contributed by atoms with Crippen LogP contribution in [0.5, 0.6) is 0 Å². The average molecular weight is 1110 g/mol. The molecule has 86 heavy (non-hydrogen) atoms. The van der Waals surface area contributed by atoms with E-state index in [0.717, 1.165) is 40.5 Å². The summed E-state index contributed by atoms with van der Waals surface area (Å²) in [4.78, 5) is 4.95. The first-order valence-corrected chi connectivity index (χ1v) is 30.6. The predicted octanol–water partition coefficient (Wildman–Crippen LogP) is 22.9. The minimum absolute atomic E-state index is 0.0579. The molecule has 12 aromatic rings. The van der Waals surface area contributed by atoms with E-state index in [1.807, 2.05) is 0 Å². The minimum atomic E-state index is -0.276. The third-order valence-corrected chi connectivity index (χ3v) is 19.7. The monoisotopic (exact) mass is 1110 g/mol. The van der Waals surface area contributed by atoms with Crippen molar-refractivity contribution < 1.29 is 0 Å². The molecule has 0 heterocycles. The highest BCUT2D eigenvalue weighted by molar-refractivity contribution is 5.89. The summed E-state index contributed by atoms with van der Waals surface area (Å²) < 4.78 is 0. The third kappa shape index (κ3) is 8.76. The molecule has 0 radical (unpaired) electrons. The van der Waals surface area contributed by atoms with Gasteiger partial charge in [0.1, 0.15) is 0 Å². The Balaban J connectivity index is 0.806. The van der Waals surface area contributed by atoms with E-state index in [0.29, 0.717) is 0 Å². The normalized spacial score (nSPS) is 16.1. The van der Waals surface area contributed by atoms with Gasteiger partial charge in [-0.15, -0.1) is 0 Å². The van der Waals surface area contributed by atoms with Crippen LogP contribution in [-0.2, 0) is 21.7 Å². The SMILES string of the molecule is CC1(C)CC(C)(c2ccc(N(c3ccc(-c4ccc(-c5ccccc5)cc4)cc3)c3ccc4c(c3)C(C)(C)c3ccccc3-4)cc2)c2cc(N(c3ccc(-c4ccc(-c5ccccc5)cc4)cc3)c3ccc4c(c3)C(C)(C)c3ccccc3-4)ccc21. The van der Waals surface area contributed by atoms with Gasteiger partial charge in [-0.05, 0) is 190 Å². The summed E-state index contributed by atoms with van der Waals surface area (Å²) in [6.45, 7) is 16.9. The lowest BCUT2D eigenvalue weighted by molar-refractivity contribution is 0.425. The molecule has 2 nitrogen and oxygen atoms in total. The molecule has 1 unspecified atom stereocenters. The van der Waals surface area contributed by atoms with Gasteiger partial charge in [0.15, 0.2) is 0 Å².